The fraction of sp³-hybridized carbons (Fsp3) is 0.143. The molecule has 0 unspecified atom stereocenters. The van der Waals surface area contributed by atoms with Gasteiger partial charge in [-0.15, -0.1) is 0 Å². The highest BCUT2D eigenvalue weighted by Gasteiger charge is 2.17. The maximum absolute atomic E-state index is 5.90. The Morgan fingerprint density at radius 2 is 1.88 bits per heavy atom. The Labute approximate surface area is 94.9 Å². The highest BCUT2D eigenvalue weighted by Crippen LogP contribution is 2.43. The van der Waals surface area contributed by atoms with Gasteiger partial charge in [-0.1, -0.05) is 18.2 Å². The van der Waals surface area contributed by atoms with Crippen molar-refractivity contribution in [1.82, 2.24) is 0 Å². The maximum atomic E-state index is 5.90. The second-order valence-electron chi connectivity index (χ2n) is 4.18. The van der Waals surface area contributed by atoms with Crippen LogP contribution in [0, 0.1) is 13.8 Å². The first kappa shape index (κ1) is 9.28. The molecule has 0 saturated heterocycles. The van der Waals surface area contributed by atoms with Crippen molar-refractivity contribution < 1.29 is 4.74 Å². The van der Waals surface area contributed by atoms with E-state index in [4.69, 9.17) is 4.74 Å². The highest BCUT2D eigenvalue weighted by atomic mass is 16.5. The fourth-order valence-electron chi connectivity index (χ4n) is 1.97. The molecule has 0 aliphatic carbocycles. The van der Waals surface area contributed by atoms with E-state index < -0.39 is 0 Å². The van der Waals surface area contributed by atoms with Crippen LogP contribution in [-0.2, 0) is 0 Å². The van der Waals surface area contributed by atoms with Crippen LogP contribution in [0.2, 0.25) is 0 Å². The van der Waals surface area contributed by atoms with Crippen LogP contribution >= 0.6 is 0 Å². The molecule has 0 amide bonds. The standard InChI is InChI=1S/C14H13NO/c1-9-6-7-13-12(8-9)15-11-5-3-4-10(2)14(11)16-13/h3-8,15H,1-2H3. The van der Waals surface area contributed by atoms with E-state index in [0.29, 0.717) is 0 Å². The van der Waals surface area contributed by atoms with Crippen LogP contribution in [0.4, 0.5) is 11.4 Å². The number of anilines is 2. The summed E-state index contributed by atoms with van der Waals surface area (Å²) in [5.74, 6) is 1.83. The van der Waals surface area contributed by atoms with E-state index in [0.717, 1.165) is 28.4 Å². The molecule has 0 aromatic heterocycles. The normalized spacial score (nSPS) is 12.1. The third-order valence-electron chi connectivity index (χ3n) is 2.83. The van der Waals surface area contributed by atoms with Crippen molar-refractivity contribution in [1.29, 1.82) is 0 Å². The van der Waals surface area contributed by atoms with Gasteiger partial charge in [-0.2, -0.15) is 0 Å². The molecule has 1 heterocycles. The van der Waals surface area contributed by atoms with E-state index in [9.17, 15) is 0 Å². The topological polar surface area (TPSA) is 21.3 Å². The van der Waals surface area contributed by atoms with E-state index >= 15 is 0 Å². The minimum absolute atomic E-state index is 0.896. The van der Waals surface area contributed by atoms with Gasteiger partial charge in [0, 0.05) is 0 Å². The number of benzene rings is 2. The molecule has 0 fully saturated rings. The number of rotatable bonds is 0. The average molecular weight is 211 g/mol. The van der Waals surface area contributed by atoms with E-state index in [1.165, 1.54) is 5.56 Å². The number of ether oxygens (including phenoxy) is 1. The Hall–Kier alpha value is -1.96. The number of hydrogen-bond donors (Lipinski definition) is 1. The summed E-state index contributed by atoms with van der Waals surface area (Å²) in [6.45, 7) is 4.13. The van der Waals surface area contributed by atoms with E-state index in [1.54, 1.807) is 0 Å². The van der Waals surface area contributed by atoms with E-state index in [-0.39, 0.29) is 0 Å². The van der Waals surface area contributed by atoms with Crippen molar-refractivity contribution in [2.45, 2.75) is 13.8 Å². The molecule has 2 heteroatoms. The zero-order chi connectivity index (χ0) is 11.1. The van der Waals surface area contributed by atoms with Gasteiger partial charge in [0.1, 0.15) is 0 Å². The third kappa shape index (κ3) is 1.34. The predicted molar refractivity (Wildman–Crippen MR) is 65.7 cm³/mol. The van der Waals surface area contributed by atoms with Crippen LogP contribution in [0.15, 0.2) is 36.4 Å². The van der Waals surface area contributed by atoms with Crippen LogP contribution in [0.1, 0.15) is 11.1 Å². The third-order valence-corrected chi connectivity index (χ3v) is 2.83. The molecule has 2 aromatic rings. The quantitative estimate of drug-likeness (QED) is 0.603. The summed E-state index contributed by atoms with van der Waals surface area (Å²) < 4.78 is 5.90. The minimum Gasteiger partial charge on any atom is -0.453 e. The number of hydrogen-bond acceptors (Lipinski definition) is 2. The number of aryl methyl sites for hydroxylation is 2. The number of para-hydroxylation sites is 1. The van der Waals surface area contributed by atoms with Gasteiger partial charge in [0.25, 0.3) is 0 Å². The average Bonchev–Trinajstić information content (AvgIpc) is 2.27. The van der Waals surface area contributed by atoms with Gasteiger partial charge in [0.05, 0.1) is 11.4 Å². The van der Waals surface area contributed by atoms with Crippen molar-refractivity contribution in [2.75, 3.05) is 5.32 Å². The maximum Gasteiger partial charge on any atom is 0.153 e. The smallest absolute Gasteiger partial charge is 0.153 e. The number of fused-ring (bicyclic) bond motifs is 2. The Kier molecular flexibility index (Phi) is 1.90. The molecule has 3 rings (SSSR count). The van der Waals surface area contributed by atoms with Crippen molar-refractivity contribution in [2.24, 2.45) is 0 Å². The van der Waals surface area contributed by atoms with Gasteiger partial charge < -0.3 is 10.1 Å². The lowest BCUT2D eigenvalue weighted by molar-refractivity contribution is 0.477. The summed E-state index contributed by atoms with van der Waals surface area (Å²) in [5, 5.41) is 3.40. The molecular formula is C14H13NO. The lowest BCUT2D eigenvalue weighted by Gasteiger charge is -2.23. The second kappa shape index (κ2) is 3.27. The van der Waals surface area contributed by atoms with Crippen LogP contribution in [0.25, 0.3) is 0 Å². The summed E-state index contributed by atoms with van der Waals surface area (Å²) in [7, 11) is 0. The van der Waals surface area contributed by atoms with Crippen molar-refractivity contribution in [3.63, 3.8) is 0 Å². The zero-order valence-corrected chi connectivity index (χ0v) is 9.37. The molecule has 0 spiro atoms. The van der Waals surface area contributed by atoms with Crippen molar-refractivity contribution in [3.05, 3.63) is 47.5 Å². The Morgan fingerprint density at radius 3 is 2.75 bits per heavy atom. The molecule has 1 aliphatic rings. The van der Waals surface area contributed by atoms with Crippen LogP contribution in [0.5, 0.6) is 11.5 Å². The molecule has 0 atom stereocenters. The zero-order valence-electron chi connectivity index (χ0n) is 9.37. The van der Waals surface area contributed by atoms with E-state index in [1.807, 2.05) is 18.2 Å². The molecule has 1 N–H and O–H groups in total. The fourth-order valence-corrected chi connectivity index (χ4v) is 1.97. The Morgan fingerprint density at radius 1 is 1.00 bits per heavy atom. The first-order chi connectivity index (χ1) is 7.74. The lowest BCUT2D eigenvalue weighted by Crippen LogP contribution is -2.04. The monoisotopic (exact) mass is 211 g/mol. The van der Waals surface area contributed by atoms with Gasteiger partial charge in [-0.05, 0) is 43.2 Å². The molecule has 0 radical (unpaired) electrons. The summed E-state index contributed by atoms with van der Waals surface area (Å²) in [6, 6.07) is 12.3. The second-order valence-corrected chi connectivity index (χ2v) is 4.18. The van der Waals surface area contributed by atoms with Crippen LogP contribution in [-0.4, -0.2) is 0 Å². The summed E-state index contributed by atoms with van der Waals surface area (Å²) in [4.78, 5) is 0. The van der Waals surface area contributed by atoms with Gasteiger partial charge in [-0.25, -0.2) is 0 Å². The van der Waals surface area contributed by atoms with Gasteiger partial charge >= 0.3 is 0 Å². The minimum atomic E-state index is 0.896. The molecule has 0 saturated carbocycles. The van der Waals surface area contributed by atoms with Crippen molar-refractivity contribution >= 4 is 11.4 Å². The van der Waals surface area contributed by atoms with Gasteiger partial charge in [-0.3, -0.25) is 0 Å². The Balaban J connectivity index is 2.13. The lowest BCUT2D eigenvalue weighted by atomic mass is 10.1. The highest BCUT2D eigenvalue weighted by molar-refractivity contribution is 5.77. The van der Waals surface area contributed by atoms with Crippen LogP contribution < -0.4 is 10.1 Å². The molecule has 0 bridgehead atoms. The van der Waals surface area contributed by atoms with Crippen molar-refractivity contribution in [3.8, 4) is 11.5 Å². The largest absolute Gasteiger partial charge is 0.453 e. The molecule has 80 valence electrons. The molecular weight excluding hydrogens is 198 g/mol. The molecule has 16 heavy (non-hydrogen) atoms. The Bertz CT molecular complexity index is 561. The van der Waals surface area contributed by atoms with Crippen LogP contribution in [0.3, 0.4) is 0 Å². The SMILES string of the molecule is Cc1ccc2c(c1)Nc1cccc(C)c1O2. The summed E-state index contributed by atoms with van der Waals surface area (Å²) >= 11 is 0. The van der Waals surface area contributed by atoms with E-state index in [2.05, 4.69) is 37.4 Å². The molecule has 2 nitrogen and oxygen atoms in total. The van der Waals surface area contributed by atoms with Gasteiger partial charge in [0.15, 0.2) is 11.5 Å². The van der Waals surface area contributed by atoms with Gasteiger partial charge in [0.2, 0.25) is 0 Å². The number of nitrogens with one attached hydrogen (secondary N) is 1. The molecule has 1 aliphatic heterocycles. The first-order valence-corrected chi connectivity index (χ1v) is 5.39. The summed E-state index contributed by atoms with van der Waals surface area (Å²) in [6.07, 6.45) is 0. The first-order valence-electron chi connectivity index (χ1n) is 5.39. The molecule has 2 aromatic carbocycles. The predicted octanol–water partition coefficient (Wildman–Crippen LogP) is 4.15. The summed E-state index contributed by atoms with van der Waals surface area (Å²) in [5.41, 5.74) is 4.46.